The zero-order valence-corrected chi connectivity index (χ0v) is 4.41. The van der Waals surface area contributed by atoms with E-state index >= 15 is 0 Å². The van der Waals surface area contributed by atoms with Gasteiger partial charge in [-0.3, -0.25) is 4.84 Å². The van der Waals surface area contributed by atoms with E-state index < -0.39 is 12.4 Å². The van der Waals surface area contributed by atoms with Crippen molar-refractivity contribution in [3.8, 4) is 0 Å². The van der Waals surface area contributed by atoms with Crippen LogP contribution in [0.5, 0.6) is 0 Å². The third-order valence-corrected chi connectivity index (χ3v) is 1.14. The van der Waals surface area contributed by atoms with Crippen LogP contribution in [-0.2, 0) is 9.57 Å². The zero-order valence-electron chi connectivity index (χ0n) is 4.41. The summed E-state index contributed by atoms with van der Waals surface area (Å²) < 4.78 is 4.82. The van der Waals surface area contributed by atoms with Gasteiger partial charge in [0, 0.05) is 6.42 Å². The lowest BCUT2D eigenvalue weighted by Gasteiger charge is -2.08. The van der Waals surface area contributed by atoms with Crippen LogP contribution in [0.15, 0.2) is 0 Å². The summed E-state index contributed by atoms with van der Waals surface area (Å²) in [5.41, 5.74) is 0. The third-order valence-electron chi connectivity index (χ3n) is 1.14. The zero-order chi connectivity index (χ0) is 5.98. The number of aliphatic hydroxyl groups excluding tert-OH is 1. The minimum Gasteiger partial charge on any atom is -0.388 e. The van der Waals surface area contributed by atoms with E-state index in [2.05, 4.69) is 4.84 Å². The second-order valence-corrected chi connectivity index (χ2v) is 1.73. The maximum absolute atomic E-state index is 8.86. The van der Waals surface area contributed by atoms with E-state index in [0.29, 0.717) is 13.0 Å². The highest BCUT2D eigenvalue weighted by Gasteiger charge is 2.25. The molecule has 4 nitrogen and oxygen atoms in total. The molecular formula is C4H9NO3. The highest BCUT2D eigenvalue weighted by atomic mass is 16.8. The first-order valence-electron chi connectivity index (χ1n) is 2.50. The van der Waals surface area contributed by atoms with Crippen LogP contribution in [-0.4, -0.2) is 24.1 Å². The van der Waals surface area contributed by atoms with Crippen LogP contribution in [0.4, 0.5) is 0 Å². The summed E-state index contributed by atoms with van der Waals surface area (Å²) in [5, 5.41) is 8.86. The second kappa shape index (κ2) is 2.41. The fraction of sp³-hybridized carbons (Fsp3) is 1.00. The maximum atomic E-state index is 8.86. The molecular weight excluding hydrogens is 110 g/mol. The van der Waals surface area contributed by atoms with Crippen LogP contribution in [0.3, 0.4) is 0 Å². The van der Waals surface area contributed by atoms with Gasteiger partial charge >= 0.3 is 0 Å². The quantitative estimate of drug-likeness (QED) is 0.434. The number of ether oxygens (including phenoxy) is 1. The van der Waals surface area contributed by atoms with Gasteiger partial charge in [0.2, 0.25) is 6.29 Å². The topological polar surface area (TPSA) is 64.7 Å². The molecule has 0 spiro atoms. The molecule has 4 heteroatoms. The molecule has 1 aliphatic heterocycles. The van der Waals surface area contributed by atoms with Crippen LogP contribution in [0.1, 0.15) is 6.42 Å². The highest BCUT2D eigenvalue weighted by molar-refractivity contribution is 4.65. The van der Waals surface area contributed by atoms with Crippen molar-refractivity contribution in [1.82, 2.24) is 0 Å². The smallest absolute Gasteiger partial charge is 0.203 e. The summed E-state index contributed by atoms with van der Waals surface area (Å²) in [5.74, 6) is 4.74. The van der Waals surface area contributed by atoms with E-state index in [0.717, 1.165) is 0 Å². The molecule has 1 saturated heterocycles. The van der Waals surface area contributed by atoms with Gasteiger partial charge in [0.25, 0.3) is 0 Å². The van der Waals surface area contributed by atoms with Gasteiger partial charge in [-0.1, -0.05) is 0 Å². The van der Waals surface area contributed by atoms with Crippen molar-refractivity contribution < 1.29 is 14.7 Å². The Kier molecular flexibility index (Phi) is 1.80. The Morgan fingerprint density at radius 3 is 2.75 bits per heavy atom. The lowest BCUT2D eigenvalue weighted by Crippen LogP contribution is -2.26. The van der Waals surface area contributed by atoms with E-state index in [1.165, 1.54) is 0 Å². The minimum absolute atomic E-state index is 0.531. The first kappa shape index (κ1) is 5.97. The van der Waals surface area contributed by atoms with Crippen molar-refractivity contribution in [3.63, 3.8) is 0 Å². The van der Waals surface area contributed by atoms with Gasteiger partial charge in [-0.05, 0) is 0 Å². The summed E-state index contributed by atoms with van der Waals surface area (Å²) in [6.45, 7) is 0.531. The second-order valence-electron chi connectivity index (χ2n) is 1.73. The Bertz CT molecular complexity index is 77.7. The van der Waals surface area contributed by atoms with E-state index in [1.54, 1.807) is 0 Å². The normalized spacial score (nSPS) is 38.2. The molecule has 0 aromatic rings. The predicted molar refractivity (Wildman–Crippen MR) is 25.6 cm³/mol. The number of hydrogen-bond donors (Lipinski definition) is 2. The first-order chi connectivity index (χ1) is 3.84. The van der Waals surface area contributed by atoms with Crippen LogP contribution in [0.2, 0.25) is 0 Å². The van der Waals surface area contributed by atoms with Crippen LogP contribution < -0.4 is 5.90 Å². The van der Waals surface area contributed by atoms with Gasteiger partial charge in [-0.2, -0.15) is 0 Å². The number of hydrogen-bond acceptors (Lipinski definition) is 4. The SMILES string of the molecule is NOC1OCCC1O. The molecule has 0 aromatic carbocycles. The Labute approximate surface area is 47.1 Å². The number of nitrogens with two attached hydrogens (primary N) is 1. The molecule has 3 N–H and O–H groups in total. The fourth-order valence-electron chi connectivity index (χ4n) is 0.682. The summed E-state index contributed by atoms with van der Waals surface area (Å²) >= 11 is 0. The Hall–Kier alpha value is -0.160. The molecule has 8 heavy (non-hydrogen) atoms. The predicted octanol–water partition coefficient (Wildman–Crippen LogP) is -1.02. The molecule has 1 rings (SSSR count). The molecule has 0 radical (unpaired) electrons. The van der Waals surface area contributed by atoms with Crippen LogP contribution in [0.25, 0.3) is 0 Å². The van der Waals surface area contributed by atoms with Crippen LogP contribution in [0, 0.1) is 0 Å². The average molecular weight is 119 g/mol. The first-order valence-corrected chi connectivity index (χ1v) is 2.50. The summed E-state index contributed by atoms with van der Waals surface area (Å²) in [4.78, 5) is 4.25. The van der Waals surface area contributed by atoms with Crippen molar-refractivity contribution >= 4 is 0 Å². The monoisotopic (exact) mass is 119 g/mol. The Morgan fingerprint density at radius 2 is 2.50 bits per heavy atom. The lowest BCUT2D eigenvalue weighted by molar-refractivity contribution is -0.152. The van der Waals surface area contributed by atoms with E-state index in [9.17, 15) is 0 Å². The molecule has 1 heterocycles. The third kappa shape index (κ3) is 0.976. The Morgan fingerprint density at radius 1 is 1.75 bits per heavy atom. The Balaban J connectivity index is 2.30. The van der Waals surface area contributed by atoms with E-state index in [4.69, 9.17) is 15.7 Å². The van der Waals surface area contributed by atoms with Crippen molar-refractivity contribution in [2.75, 3.05) is 6.61 Å². The molecule has 2 atom stereocenters. The molecule has 1 fully saturated rings. The molecule has 0 aliphatic carbocycles. The molecule has 48 valence electrons. The molecule has 0 saturated carbocycles. The van der Waals surface area contributed by atoms with Gasteiger partial charge in [-0.15, -0.1) is 0 Å². The van der Waals surface area contributed by atoms with Crippen molar-refractivity contribution in [1.29, 1.82) is 0 Å². The molecule has 0 amide bonds. The molecule has 0 bridgehead atoms. The minimum atomic E-state index is -0.602. The summed E-state index contributed by atoms with van der Waals surface area (Å²) in [6, 6.07) is 0. The van der Waals surface area contributed by atoms with Crippen LogP contribution >= 0.6 is 0 Å². The fourth-order valence-corrected chi connectivity index (χ4v) is 0.682. The van der Waals surface area contributed by atoms with Crippen molar-refractivity contribution in [2.45, 2.75) is 18.8 Å². The van der Waals surface area contributed by atoms with Gasteiger partial charge in [0.1, 0.15) is 6.10 Å². The van der Waals surface area contributed by atoms with Crippen molar-refractivity contribution in [2.24, 2.45) is 5.90 Å². The largest absolute Gasteiger partial charge is 0.388 e. The molecule has 1 aliphatic rings. The van der Waals surface area contributed by atoms with Gasteiger partial charge in [0.05, 0.1) is 6.61 Å². The highest BCUT2D eigenvalue weighted by Crippen LogP contribution is 2.11. The van der Waals surface area contributed by atoms with E-state index in [-0.39, 0.29) is 0 Å². The summed E-state index contributed by atoms with van der Waals surface area (Å²) in [7, 11) is 0. The molecule has 0 aromatic heterocycles. The van der Waals surface area contributed by atoms with Gasteiger partial charge in [-0.25, -0.2) is 5.90 Å². The summed E-state index contributed by atoms with van der Waals surface area (Å²) in [6.07, 6.45) is -0.531. The maximum Gasteiger partial charge on any atom is 0.203 e. The standard InChI is InChI=1S/C4H9NO3/c5-8-4-3(6)1-2-7-4/h3-4,6H,1-2,5H2. The van der Waals surface area contributed by atoms with Gasteiger partial charge in [0.15, 0.2) is 0 Å². The lowest BCUT2D eigenvalue weighted by atomic mass is 10.3. The number of rotatable bonds is 1. The number of aliphatic hydroxyl groups is 1. The van der Waals surface area contributed by atoms with Crippen molar-refractivity contribution in [3.05, 3.63) is 0 Å². The molecule has 2 unspecified atom stereocenters. The average Bonchev–Trinajstić information content (AvgIpc) is 2.14. The van der Waals surface area contributed by atoms with Gasteiger partial charge < -0.3 is 9.84 Å². The van der Waals surface area contributed by atoms with E-state index in [1.807, 2.05) is 0 Å².